The van der Waals surface area contributed by atoms with Gasteiger partial charge in [-0.2, -0.15) is 0 Å². The van der Waals surface area contributed by atoms with Crippen LogP contribution in [0.3, 0.4) is 0 Å². The molecule has 0 spiro atoms. The molecule has 0 saturated carbocycles. The predicted molar refractivity (Wildman–Crippen MR) is 106 cm³/mol. The van der Waals surface area contributed by atoms with Crippen molar-refractivity contribution in [3.63, 3.8) is 0 Å². The van der Waals surface area contributed by atoms with Crippen LogP contribution in [0, 0.1) is 12.8 Å². The van der Waals surface area contributed by atoms with Gasteiger partial charge in [0.25, 0.3) is 5.56 Å². The molecule has 0 aliphatic carbocycles. The molecule has 0 aliphatic heterocycles. The minimum Gasteiger partial charge on any atom is -0.497 e. The molecule has 0 unspecified atom stereocenters. The summed E-state index contributed by atoms with van der Waals surface area (Å²) < 4.78 is 11.8. The highest BCUT2D eigenvalue weighted by molar-refractivity contribution is 7.17. The summed E-state index contributed by atoms with van der Waals surface area (Å²) in [5, 5.41) is 2.44. The summed E-state index contributed by atoms with van der Waals surface area (Å²) in [6.45, 7) is 5.84. The zero-order chi connectivity index (χ0) is 19.6. The van der Waals surface area contributed by atoms with Crippen LogP contribution in [0.5, 0.6) is 5.75 Å². The summed E-state index contributed by atoms with van der Waals surface area (Å²) >= 11 is 1.42. The molecule has 1 aromatic carbocycles. The van der Waals surface area contributed by atoms with E-state index in [1.807, 2.05) is 43.5 Å². The molecule has 0 atom stereocenters. The first kappa shape index (κ1) is 19.1. The van der Waals surface area contributed by atoms with Crippen molar-refractivity contribution >= 4 is 27.5 Å². The Hall–Kier alpha value is -2.67. The molecule has 0 aliphatic rings. The lowest BCUT2D eigenvalue weighted by Crippen LogP contribution is -2.28. The fourth-order valence-electron chi connectivity index (χ4n) is 2.73. The first-order valence-corrected chi connectivity index (χ1v) is 9.57. The minimum absolute atomic E-state index is 0.141. The Kier molecular flexibility index (Phi) is 5.60. The van der Waals surface area contributed by atoms with Gasteiger partial charge in [-0.05, 0) is 30.5 Å². The van der Waals surface area contributed by atoms with Gasteiger partial charge in [0.1, 0.15) is 22.9 Å². The molecule has 7 heteroatoms. The average Bonchev–Trinajstić information content (AvgIpc) is 3.07. The number of methoxy groups -OCH3 is 1. The molecule has 0 radical (unpaired) electrons. The number of hydrogen-bond donors (Lipinski definition) is 0. The number of esters is 1. The number of aryl methyl sites for hydroxylation is 1. The van der Waals surface area contributed by atoms with Gasteiger partial charge in [0, 0.05) is 10.9 Å². The third kappa shape index (κ3) is 4.03. The summed E-state index contributed by atoms with van der Waals surface area (Å²) in [4.78, 5) is 30.4. The zero-order valence-corrected chi connectivity index (χ0v) is 16.6. The van der Waals surface area contributed by atoms with Crippen molar-refractivity contribution in [2.75, 3.05) is 13.7 Å². The monoisotopic (exact) mass is 386 g/mol. The van der Waals surface area contributed by atoms with Gasteiger partial charge in [-0.15, -0.1) is 11.3 Å². The van der Waals surface area contributed by atoms with E-state index >= 15 is 0 Å². The maximum atomic E-state index is 13.1. The summed E-state index contributed by atoms with van der Waals surface area (Å²) in [5.74, 6) is 1.05. The summed E-state index contributed by atoms with van der Waals surface area (Å²) in [6.07, 6.45) is 0. The molecule has 0 amide bonds. The van der Waals surface area contributed by atoms with Gasteiger partial charge < -0.3 is 9.47 Å². The van der Waals surface area contributed by atoms with Crippen LogP contribution in [0.4, 0.5) is 0 Å². The standard InChI is InChI=1S/C20H22N2O4S/c1-12(2)10-26-17(23)9-22-13(3)21-19-18(20(22)24)16(11-27-19)14-5-7-15(25-4)8-6-14/h5-8,11-12H,9-10H2,1-4H3. The normalized spacial score (nSPS) is 11.1. The third-order valence-electron chi connectivity index (χ3n) is 4.15. The van der Waals surface area contributed by atoms with Crippen LogP contribution in [0.25, 0.3) is 21.3 Å². The topological polar surface area (TPSA) is 70.4 Å². The first-order chi connectivity index (χ1) is 12.9. The van der Waals surface area contributed by atoms with Crippen molar-refractivity contribution < 1.29 is 14.3 Å². The number of hydrogen-bond acceptors (Lipinski definition) is 6. The number of aromatic nitrogens is 2. The van der Waals surface area contributed by atoms with Gasteiger partial charge in [-0.3, -0.25) is 14.2 Å². The average molecular weight is 386 g/mol. The highest BCUT2D eigenvalue weighted by Gasteiger charge is 2.17. The maximum absolute atomic E-state index is 13.1. The highest BCUT2D eigenvalue weighted by atomic mass is 32.1. The number of carbonyl (C=O) groups is 1. The van der Waals surface area contributed by atoms with Crippen LogP contribution in [-0.4, -0.2) is 29.2 Å². The number of rotatable bonds is 6. The maximum Gasteiger partial charge on any atom is 0.326 e. The molecular weight excluding hydrogens is 364 g/mol. The van der Waals surface area contributed by atoms with Crippen molar-refractivity contribution in [1.82, 2.24) is 9.55 Å². The lowest BCUT2D eigenvalue weighted by molar-refractivity contribution is -0.145. The Morgan fingerprint density at radius 1 is 1.26 bits per heavy atom. The molecule has 2 aromatic heterocycles. The Morgan fingerprint density at radius 3 is 2.59 bits per heavy atom. The van der Waals surface area contributed by atoms with Gasteiger partial charge in [-0.1, -0.05) is 26.0 Å². The van der Waals surface area contributed by atoms with Crippen LogP contribution < -0.4 is 10.3 Å². The van der Waals surface area contributed by atoms with Crippen molar-refractivity contribution in [3.05, 3.63) is 45.8 Å². The van der Waals surface area contributed by atoms with Gasteiger partial charge in [-0.25, -0.2) is 4.98 Å². The van der Waals surface area contributed by atoms with Crippen LogP contribution in [0.2, 0.25) is 0 Å². The minimum atomic E-state index is -0.434. The number of fused-ring (bicyclic) bond motifs is 1. The summed E-state index contributed by atoms with van der Waals surface area (Å²) in [6, 6.07) is 7.51. The van der Waals surface area contributed by atoms with E-state index < -0.39 is 5.97 Å². The molecule has 142 valence electrons. The molecule has 3 rings (SSSR count). The van der Waals surface area contributed by atoms with E-state index in [9.17, 15) is 9.59 Å². The fraction of sp³-hybridized carbons (Fsp3) is 0.350. The number of carbonyl (C=O) groups excluding carboxylic acids is 1. The second kappa shape index (κ2) is 7.92. The lowest BCUT2D eigenvalue weighted by Gasteiger charge is -2.11. The predicted octanol–water partition coefficient (Wildman–Crippen LogP) is 3.64. The number of ether oxygens (including phenoxy) is 2. The summed E-state index contributed by atoms with van der Waals surface area (Å²) in [5.41, 5.74) is 1.48. The van der Waals surface area contributed by atoms with Crippen molar-refractivity contribution in [2.24, 2.45) is 5.92 Å². The molecule has 0 N–H and O–H groups in total. The Bertz CT molecular complexity index is 1020. The Labute approximate surface area is 161 Å². The molecule has 3 aromatic rings. The second-order valence-electron chi connectivity index (χ2n) is 6.69. The van der Waals surface area contributed by atoms with E-state index in [4.69, 9.17) is 9.47 Å². The van der Waals surface area contributed by atoms with Crippen LogP contribution >= 0.6 is 11.3 Å². The number of benzene rings is 1. The molecular formula is C20H22N2O4S. The van der Waals surface area contributed by atoms with E-state index in [1.165, 1.54) is 15.9 Å². The molecule has 27 heavy (non-hydrogen) atoms. The molecule has 0 fully saturated rings. The van der Waals surface area contributed by atoms with E-state index in [-0.39, 0.29) is 18.0 Å². The zero-order valence-electron chi connectivity index (χ0n) is 15.8. The first-order valence-electron chi connectivity index (χ1n) is 8.69. The van der Waals surface area contributed by atoms with Crippen molar-refractivity contribution in [1.29, 1.82) is 0 Å². The van der Waals surface area contributed by atoms with Gasteiger partial charge >= 0.3 is 5.97 Å². The van der Waals surface area contributed by atoms with E-state index in [1.54, 1.807) is 14.0 Å². The second-order valence-corrected chi connectivity index (χ2v) is 7.54. The van der Waals surface area contributed by atoms with Crippen LogP contribution in [-0.2, 0) is 16.1 Å². The smallest absolute Gasteiger partial charge is 0.326 e. The van der Waals surface area contributed by atoms with E-state index in [0.717, 1.165) is 16.9 Å². The Balaban J connectivity index is 2.01. The molecule has 0 saturated heterocycles. The molecule has 2 heterocycles. The molecule has 6 nitrogen and oxygen atoms in total. The van der Waals surface area contributed by atoms with Gasteiger partial charge in [0.15, 0.2) is 0 Å². The van der Waals surface area contributed by atoms with E-state index in [0.29, 0.717) is 22.6 Å². The lowest BCUT2D eigenvalue weighted by atomic mass is 10.1. The van der Waals surface area contributed by atoms with Crippen LogP contribution in [0.1, 0.15) is 19.7 Å². The van der Waals surface area contributed by atoms with Gasteiger partial charge in [0.05, 0.1) is 19.1 Å². The number of nitrogens with zero attached hydrogens (tertiary/aromatic N) is 2. The van der Waals surface area contributed by atoms with Gasteiger partial charge in [0.2, 0.25) is 0 Å². The van der Waals surface area contributed by atoms with E-state index in [2.05, 4.69) is 4.98 Å². The Morgan fingerprint density at radius 2 is 1.96 bits per heavy atom. The van der Waals surface area contributed by atoms with Crippen molar-refractivity contribution in [3.8, 4) is 16.9 Å². The largest absolute Gasteiger partial charge is 0.497 e. The summed E-state index contributed by atoms with van der Waals surface area (Å²) in [7, 11) is 1.61. The SMILES string of the molecule is COc1ccc(-c2csc3nc(C)n(CC(=O)OCC(C)C)c(=O)c23)cc1. The van der Waals surface area contributed by atoms with Crippen molar-refractivity contribution in [2.45, 2.75) is 27.3 Å². The third-order valence-corrected chi connectivity index (χ3v) is 5.02. The van der Waals surface area contributed by atoms with Crippen LogP contribution in [0.15, 0.2) is 34.4 Å². The highest BCUT2D eigenvalue weighted by Crippen LogP contribution is 2.31. The quantitative estimate of drug-likeness (QED) is 0.605. The molecule has 0 bridgehead atoms. The number of thiophene rings is 1. The fourth-order valence-corrected chi connectivity index (χ4v) is 3.71.